The van der Waals surface area contributed by atoms with Crippen LogP contribution in [0.15, 0.2) is 0 Å². The molecule has 0 atom stereocenters. The molecule has 1 fully saturated rings. The Morgan fingerprint density at radius 1 is 1.47 bits per heavy atom. The highest BCUT2D eigenvalue weighted by atomic mass is 32.2. The van der Waals surface area contributed by atoms with Gasteiger partial charge >= 0.3 is 0 Å². The Kier molecular flexibility index (Phi) is 3.95. The van der Waals surface area contributed by atoms with Crippen molar-refractivity contribution in [1.82, 2.24) is 9.88 Å². The Balaban J connectivity index is 2.12. The van der Waals surface area contributed by atoms with E-state index in [1.165, 1.54) is 16.2 Å². The first kappa shape index (κ1) is 14.1. The van der Waals surface area contributed by atoms with Crippen LogP contribution < -0.4 is 11.1 Å². The number of nitrogens with zero attached hydrogens (tertiary/aromatic N) is 2. The first-order valence-corrected chi connectivity index (χ1v) is 8.56. The topological polar surface area (TPSA) is 105 Å². The number of nitrogen functional groups attached to an aromatic ring is 1. The fourth-order valence-corrected chi connectivity index (χ4v) is 3.89. The molecule has 2 heterocycles. The Hall–Kier alpha value is -1.35. The lowest BCUT2D eigenvalue weighted by atomic mass is 10.4. The first-order valence-electron chi connectivity index (χ1n) is 5.93. The van der Waals surface area contributed by atoms with Crippen LogP contribution in [0.3, 0.4) is 0 Å². The number of hydrogen-bond acceptors (Lipinski definition) is 7. The Morgan fingerprint density at radius 3 is 2.68 bits per heavy atom. The van der Waals surface area contributed by atoms with Crippen LogP contribution >= 0.6 is 11.3 Å². The molecule has 7 nitrogen and oxygen atoms in total. The SMILES string of the molecule is CCNc1nc(N)c(C(=O)N2CCS(=O)(=O)CC2)s1. The van der Waals surface area contributed by atoms with Crippen molar-refractivity contribution in [3.05, 3.63) is 4.88 Å². The molecular weight excluding hydrogens is 288 g/mol. The molecule has 1 aliphatic rings. The highest BCUT2D eigenvalue weighted by molar-refractivity contribution is 7.91. The highest BCUT2D eigenvalue weighted by Crippen LogP contribution is 2.26. The summed E-state index contributed by atoms with van der Waals surface area (Å²) >= 11 is 1.20. The van der Waals surface area contributed by atoms with Gasteiger partial charge in [0.05, 0.1) is 11.5 Å². The highest BCUT2D eigenvalue weighted by Gasteiger charge is 2.28. The van der Waals surface area contributed by atoms with E-state index in [0.717, 1.165) is 0 Å². The van der Waals surface area contributed by atoms with Crippen molar-refractivity contribution in [2.45, 2.75) is 6.92 Å². The molecule has 1 aromatic heterocycles. The van der Waals surface area contributed by atoms with Crippen LogP contribution in [0.2, 0.25) is 0 Å². The van der Waals surface area contributed by atoms with Gasteiger partial charge < -0.3 is 16.0 Å². The van der Waals surface area contributed by atoms with Gasteiger partial charge in [-0.05, 0) is 6.92 Å². The summed E-state index contributed by atoms with van der Waals surface area (Å²) in [6.45, 7) is 3.06. The fraction of sp³-hybridized carbons (Fsp3) is 0.600. The van der Waals surface area contributed by atoms with Gasteiger partial charge in [-0.15, -0.1) is 0 Å². The quantitative estimate of drug-likeness (QED) is 0.816. The van der Waals surface area contributed by atoms with Gasteiger partial charge in [0.2, 0.25) is 0 Å². The molecule has 19 heavy (non-hydrogen) atoms. The van der Waals surface area contributed by atoms with Crippen molar-refractivity contribution in [3.8, 4) is 0 Å². The summed E-state index contributed by atoms with van der Waals surface area (Å²) < 4.78 is 22.7. The van der Waals surface area contributed by atoms with Crippen molar-refractivity contribution in [2.75, 3.05) is 42.2 Å². The monoisotopic (exact) mass is 304 g/mol. The first-order chi connectivity index (χ1) is 8.93. The minimum atomic E-state index is -2.99. The number of rotatable bonds is 3. The van der Waals surface area contributed by atoms with Crippen molar-refractivity contribution in [3.63, 3.8) is 0 Å². The van der Waals surface area contributed by atoms with Crippen molar-refractivity contribution < 1.29 is 13.2 Å². The van der Waals surface area contributed by atoms with Crippen molar-refractivity contribution >= 4 is 38.0 Å². The smallest absolute Gasteiger partial charge is 0.267 e. The van der Waals surface area contributed by atoms with Crippen molar-refractivity contribution in [2.24, 2.45) is 0 Å². The van der Waals surface area contributed by atoms with E-state index in [2.05, 4.69) is 10.3 Å². The molecule has 0 aliphatic carbocycles. The molecule has 0 spiro atoms. The Bertz CT molecular complexity index is 568. The number of thiazole rings is 1. The summed E-state index contributed by atoms with van der Waals surface area (Å²) in [6, 6.07) is 0. The molecule has 0 aromatic carbocycles. The Labute approximate surface area is 115 Å². The molecule has 0 radical (unpaired) electrons. The lowest BCUT2D eigenvalue weighted by Crippen LogP contribution is -2.43. The molecule has 1 saturated heterocycles. The molecule has 9 heteroatoms. The summed E-state index contributed by atoms with van der Waals surface area (Å²) in [4.78, 5) is 18.2. The van der Waals surface area contributed by atoms with E-state index in [-0.39, 0.29) is 36.3 Å². The van der Waals surface area contributed by atoms with Crippen LogP contribution in [-0.4, -0.2) is 55.3 Å². The number of nitrogens with two attached hydrogens (primary N) is 1. The predicted molar refractivity (Wildman–Crippen MR) is 75.2 cm³/mol. The standard InChI is InChI=1S/C10H16N4O3S2/c1-2-12-10-13-8(11)7(18-10)9(15)14-3-5-19(16,17)6-4-14/h2-6,11H2,1H3,(H,12,13). The van der Waals surface area contributed by atoms with Crippen LogP contribution in [0.1, 0.15) is 16.6 Å². The normalized spacial score (nSPS) is 18.3. The molecule has 2 rings (SSSR count). The maximum Gasteiger partial charge on any atom is 0.267 e. The van der Waals surface area contributed by atoms with Crippen LogP contribution in [0, 0.1) is 0 Å². The zero-order chi connectivity index (χ0) is 14.0. The zero-order valence-corrected chi connectivity index (χ0v) is 12.2. The lowest BCUT2D eigenvalue weighted by Gasteiger charge is -2.26. The maximum absolute atomic E-state index is 12.2. The van der Waals surface area contributed by atoms with E-state index >= 15 is 0 Å². The molecule has 1 aliphatic heterocycles. The maximum atomic E-state index is 12.2. The van der Waals surface area contributed by atoms with Crippen LogP contribution in [0.5, 0.6) is 0 Å². The second-order valence-electron chi connectivity index (χ2n) is 4.21. The summed E-state index contributed by atoms with van der Waals surface area (Å²) in [5.74, 6) is -0.0249. The number of sulfone groups is 1. The third kappa shape index (κ3) is 3.16. The predicted octanol–water partition coefficient (Wildman–Crippen LogP) is 0.0277. The van der Waals surface area contributed by atoms with Gasteiger partial charge in [0, 0.05) is 19.6 Å². The number of carbonyl (C=O) groups excluding carboxylic acids is 1. The van der Waals surface area contributed by atoms with Gasteiger partial charge in [-0.25, -0.2) is 13.4 Å². The fourth-order valence-electron chi connectivity index (χ4n) is 1.77. The number of hydrogen-bond donors (Lipinski definition) is 2. The lowest BCUT2D eigenvalue weighted by molar-refractivity contribution is 0.0776. The number of nitrogens with one attached hydrogen (secondary N) is 1. The summed E-state index contributed by atoms with van der Waals surface area (Å²) in [7, 11) is -2.99. The molecule has 0 saturated carbocycles. The van der Waals surface area contributed by atoms with Gasteiger partial charge in [-0.3, -0.25) is 4.79 Å². The average molecular weight is 304 g/mol. The van der Waals surface area contributed by atoms with Crippen LogP contribution in [-0.2, 0) is 9.84 Å². The molecular formula is C10H16N4O3S2. The van der Waals surface area contributed by atoms with Gasteiger partial charge in [-0.2, -0.15) is 0 Å². The molecule has 0 bridgehead atoms. The van der Waals surface area contributed by atoms with E-state index in [1.54, 1.807) is 0 Å². The third-order valence-corrected chi connectivity index (χ3v) is 5.43. The molecule has 1 amide bonds. The summed E-state index contributed by atoms with van der Waals surface area (Å²) in [6.07, 6.45) is 0. The number of aromatic nitrogens is 1. The number of amides is 1. The molecule has 3 N–H and O–H groups in total. The number of anilines is 2. The number of carbonyl (C=O) groups is 1. The molecule has 106 valence electrons. The van der Waals surface area contributed by atoms with Crippen molar-refractivity contribution in [1.29, 1.82) is 0 Å². The van der Waals surface area contributed by atoms with Crippen LogP contribution in [0.4, 0.5) is 10.9 Å². The van der Waals surface area contributed by atoms with Gasteiger partial charge in [0.1, 0.15) is 10.7 Å². The van der Waals surface area contributed by atoms with Gasteiger partial charge in [0.15, 0.2) is 15.0 Å². The second kappa shape index (κ2) is 5.33. The Morgan fingerprint density at radius 2 is 2.11 bits per heavy atom. The largest absolute Gasteiger partial charge is 0.382 e. The van der Waals surface area contributed by atoms with E-state index < -0.39 is 9.84 Å². The average Bonchev–Trinajstić information content (AvgIpc) is 2.70. The summed E-state index contributed by atoms with van der Waals surface area (Å²) in [5.41, 5.74) is 5.73. The van der Waals surface area contributed by atoms with E-state index in [4.69, 9.17) is 5.73 Å². The summed E-state index contributed by atoms with van der Waals surface area (Å²) in [5, 5.41) is 3.61. The van der Waals surface area contributed by atoms with E-state index in [1.807, 2.05) is 6.92 Å². The van der Waals surface area contributed by atoms with Crippen LogP contribution in [0.25, 0.3) is 0 Å². The molecule has 1 aromatic rings. The zero-order valence-electron chi connectivity index (χ0n) is 10.5. The van der Waals surface area contributed by atoms with Gasteiger partial charge in [-0.1, -0.05) is 11.3 Å². The second-order valence-corrected chi connectivity index (χ2v) is 7.51. The minimum absolute atomic E-state index is 0.0114. The third-order valence-electron chi connectivity index (χ3n) is 2.81. The molecule has 0 unspecified atom stereocenters. The minimum Gasteiger partial charge on any atom is -0.382 e. The van der Waals surface area contributed by atoms with E-state index in [9.17, 15) is 13.2 Å². The van der Waals surface area contributed by atoms with Gasteiger partial charge in [0.25, 0.3) is 5.91 Å². The van der Waals surface area contributed by atoms with E-state index in [0.29, 0.717) is 16.6 Å².